The molecule has 1 aliphatic rings. The number of hydrogen-bond acceptors (Lipinski definition) is 6. The van der Waals surface area contributed by atoms with E-state index in [4.69, 9.17) is 14.3 Å². The van der Waals surface area contributed by atoms with Crippen LogP contribution in [0, 0.1) is 4.78 Å². The molecule has 0 bridgehead atoms. The summed E-state index contributed by atoms with van der Waals surface area (Å²) in [6.45, 7) is 0. The molecule has 1 heterocycles. The van der Waals surface area contributed by atoms with Crippen LogP contribution in [0.2, 0.25) is 0 Å². The van der Waals surface area contributed by atoms with Gasteiger partial charge in [0.05, 0.1) is 18.0 Å². The minimum Gasteiger partial charge on any atom is -0.497 e. The van der Waals surface area contributed by atoms with E-state index in [2.05, 4.69) is 9.97 Å². The van der Waals surface area contributed by atoms with Crippen molar-refractivity contribution in [2.75, 3.05) is 13.4 Å². The summed E-state index contributed by atoms with van der Waals surface area (Å²) < 4.78 is 30.8. The van der Waals surface area contributed by atoms with E-state index < -0.39 is 9.73 Å². The highest BCUT2D eigenvalue weighted by molar-refractivity contribution is 7.92. The van der Waals surface area contributed by atoms with Crippen molar-refractivity contribution in [2.45, 2.75) is 37.0 Å². The highest BCUT2D eigenvalue weighted by Gasteiger charge is 2.27. The monoisotopic (exact) mass is 335 g/mol. The van der Waals surface area contributed by atoms with Crippen molar-refractivity contribution >= 4 is 20.6 Å². The molecule has 0 amide bonds. The molecule has 1 saturated carbocycles. The Kier molecular flexibility index (Phi) is 4.39. The van der Waals surface area contributed by atoms with Crippen molar-refractivity contribution in [3.63, 3.8) is 0 Å². The van der Waals surface area contributed by atoms with E-state index >= 15 is 0 Å². The van der Waals surface area contributed by atoms with Gasteiger partial charge in [-0.15, -0.1) is 0 Å². The minimum atomic E-state index is -2.46. The molecule has 0 spiro atoms. The molecule has 1 atom stereocenters. The third-order valence-corrected chi connectivity index (χ3v) is 6.09. The third-order valence-electron chi connectivity index (χ3n) is 4.34. The lowest BCUT2D eigenvalue weighted by Crippen LogP contribution is -2.30. The van der Waals surface area contributed by atoms with Crippen LogP contribution >= 0.6 is 0 Å². The molecule has 1 unspecified atom stereocenters. The van der Waals surface area contributed by atoms with Gasteiger partial charge >= 0.3 is 0 Å². The number of aromatic nitrogens is 2. The molecule has 1 fully saturated rings. The average molecular weight is 335 g/mol. The van der Waals surface area contributed by atoms with E-state index in [1.165, 1.54) is 12.6 Å². The predicted octanol–water partition coefficient (Wildman–Crippen LogP) is 3.00. The number of hydrogen-bond donors (Lipinski definition) is 1. The zero-order valence-corrected chi connectivity index (χ0v) is 14.1. The van der Waals surface area contributed by atoms with Crippen LogP contribution in [0.15, 0.2) is 24.5 Å². The lowest BCUT2D eigenvalue weighted by molar-refractivity contribution is 0.152. The fraction of sp³-hybridized carbons (Fsp3) is 0.500. The van der Waals surface area contributed by atoms with Crippen LogP contribution in [0.1, 0.15) is 25.7 Å². The summed E-state index contributed by atoms with van der Waals surface area (Å²) in [6, 6.07) is 5.62. The molecular formula is C16H21N3O3S. The van der Waals surface area contributed by atoms with Crippen molar-refractivity contribution in [3.8, 4) is 11.6 Å². The Bertz CT molecular complexity index is 799. The fourth-order valence-electron chi connectivity index (χ4n) is 2.99. The molecule has 6 nitrogen and oxygen atoms in total. The quantitative estimate of drug-likeness (QED) is 0.928. The molecule has 1 N–H and O–H groups in total. The van der Waals surface area contributed by atoms with E-state index in [-0.39, 0.29) is 11.4 Å². The van der Waals surface area contributed by atoms with E-state index in [0.29, 0.717) is 5.88 Å². The summed E-state index contributed by atoms with van der Waals surface area (Å²) in [7, 11) is -0.838. The topological polar surface area (TPSA) is 85.2 Å². The first-order valence-corrected chi connectivity index (χ1v) is 9.68. The summed E-state index contributed by atoms with van der Waals surface area (Å²) in [5, 5.41) is 0.837. The second kappa shape index (κ2) is 6.31. The number of fused-ring (bicyclic) bond motifs is 1. The summed E-state index contributed by atoms with van der Waals surface area (Å²) in [5.41, 5.74) is 0.783. The van der Waals surface area contributed by atoms with Crippen LogP contribution in [0.5, 0.6) is 11.6 Å². The molecule has 0 aliphatic heterocycles. The van der Waals surface area contributed by atoms with Crippen LogP contribution in [0.25, 0.3) is 10.9 Å². The van der Waals surface area contributed by atoms with E-state index in [9.17, 15) is 4.21 Å². The summed E-state index contributed by atoms with van der Waals surface area (Å²) >= 11 is 0. The van der Waals surface area contributed by atoms with E-state index in [1.54, 1.807) is 7.11 Å². The molecule has 1 aromatic heterocycles. The van der Waals surface area contributed by atoms with Gasteiger partial charge in [0.15, 0.2) is 0 Å². The van der Waals surface area contributed by atoms with Gasteiger partial charge in [-0.3, -0.25) is 4.78 Å². The van der Waals surface area contributed by atoms with Gasteiger partial charge in [-0.25, -0.2) is 14.2 Å². The van der Waals surface area contributed by atoms with Gasteiger partial charge in [-0.05, 0) is 37.8 Å². The standard InChI is InChI=1S/C16H21N3O3S/c1-21-12-5-8-14-15(9-12)18-10-19-16(14)22-11-3-6-13(7-4-11)23(2,17)20/h5,8-11,13,17H,3-4,6-7H2,1-2H3/t11-,13+,23?. The first kappa shape index (κ1) is 16.0. The van der Waals surface area contributed by atoms with Gasteiger partial charge in [-0.2, -0.15) is 0 Å². The lowest BCUT2D eigenvalue weighted by atomic mass is 9.97. The van der Waals surface area contributed by atoms with Crippen molar-refractivity contribution < 1.29 is 13.7 Å². The second-order valence-corrected chi connectivity index (χ2v) is 8.46. The normalized spacial score (nSPS) is 24.1. The number of benzene rings is 1. The SMILES string of the molecule is COc1ccc2c(O[C@H]3CC[C@@H](S(C)(=N)=O)CC3)ncnc2c1. The summed E-state index contributed by atoms with van der Waals surface area (Å²) in [4.78, 5) is 8.51. The molecule has 1 aromatic carbocycles. The maximum Gasteiger partial charge on any atom is 0.224 e. The molecule has 1 aliphatic carbocycles. The Labute approximate surface area is 136 Å². The number of methoxy groups -OCH3 is 1. The Balaban J connectivity index is 1.75. The van der Waals surface area contributed by atoms with Gasteiger partial charge in [0.2, 0.25) is 5.88 Å². The first-order chi connectivity index (χ1) is 11.0. The molecule has 124 valence electrons. The second-order valence-electron chi connectivity index (χ2n) is 5.98. The molecular weight excluding hydrogens is 314 g/mol. The summed E-state index contributed by atoms with van der Waals surface area (Å²) in [5.74, 6) is 1.32. The van der Waals surface area contributed by atoms with E-state index in [0.717, 1.165) is 42.3 Å². The fourth-order valence-corrected chi connectivity index (χ4v) is 4.16. The number of nitrogens with one attached hydrogen (secondary N) is 1. The number of rotatable bonds is 4. The Morgan fingerprint density at radius 3 is 2.61 bits per heavy atom. The van der Waals surface area contributed by atoms with Crippen molar-refractivity contribution in [1.82, 2.24) is 9.97 Å². The third kappa shape index (κ3) is 3.55. The van der Waals surface area contributed by atoms with E-state index in [1.807, 2.05) is 18.2 Å². The van der Waals surface area contributed by atoms with Crippen LogP contribution < -0.4 is 9.47 Å². The van der Waals surface area contributed by atoms with Gasteiger partial charge in [-0.1, -0.05) is 0 Å². The minimum absolute atomic E-state index is 0.0197. The molecule has 0 saturated heterocycles. The van der Waals surface area contributed by atoms with Crippen molar-refractivity contribution in [3.05, 3.63) is 24.5 Å². The lowest BCUT2D eigenvalue weighted by Gasteiger charge is -2.28. The molecule has 23 heavy (non-hydrogen) atoms. The first-order valence-electron chi connectivity index (χ1n) is 7.65. The maximum absolute atomic E-state index is 11.8. The molecule has 3 rings (SSSR count). The Morgan fingerprint density at radius 1 is 1.22 bits per heavy atom. The van der Waals surface area contributed by atoms with Crippen LogP contribution in [-0.2, 0) is 9.73 Å². The average Bonchev–Trinajstić information content (AvgIpc) is 2.54. The highest BCUT2D eigenvalue weighted by Crippen LogP contribution is 2.30. The van der Waals surface area contributed by atoms with Crippen LogP contribution in [0.4, 0.5) is 0 Å². The molecule has 0 radical (unpaired) electrons. The van der Waals surface area contributed by atoms with Gasteiger partial charge in [0, 0.05) is 27.3 Å². The van der Waals surface area contributed by atoms with Crippen molar-refractivity contribution in [2.24, 2.45) is 0 Å². The zero-order chi connectivity index (χ0) is 16.4. The maximum atomic E-state index is 11.8. The van der Waals surface area contributed by atoms with Gasteiger partial charge < -0.3 is 9.47 Å². The highest BCUT2D eigenvalue weighted by atomic mass is 32.2. The molecule has 2 aromatic rings. The summed E-state index contributed by atoms with van der Waals surface area (Å²) in [6.07, 6.45) is 6.20. The number of ether oxygens (including phenoxy) is 2. The van der Waals surface area contributed by atoms with Crippen molar-refractivity contribution in [1.29, 1.82) is 4.78 Å². The Morgan fingerprint density at radius 2 is 1.96 bits per heavy atom. The smallest absolute Gasteiger partial charge is 0.224 e. The van der Waals surface area contributed by atoms with Gasteiger partial charge in [0.25, 0.3) is 0 Å². The number of nitrogens with zero attached hydrogens (tertiary/aromatic N) is 2. The zero-order valence-electron chi connectivity index (χ0n) is 13.3. The predicted molar refractivity (Wildman–Crippen MR) is 89.5 cm³/mol. The Hall–Kier alpha value is -1.89. The van der Waals surface area contributed by atoms with Gasteiger partial charge in [0.1, 0.15) is 18.2 Å². The van der Waals surface area contributed by atoms with Crippen LogP contribution in [0.3, 0.4) is 0 Å². The molecule has 7 heteroatoms. The van der Waals surface area contributed by atoms with Crippen LogP contribution in [-0.4, -0.2) is 38.9 Å². The largest absolute Gasteiger partial charge is 0.497 e.